The third kappa shape index (κ3) is 3.35. The molecule has 0 unspecified atom stereocenters. The van der Waals surface area contributed by atoms with Crippen molar-refractivity contribution in [3.05, 3.63) is 81.7 Å². The van der Waals surface area contributed by atoms with Gasteiger partial charge in [0.05, 0.1) is 17.8 Å². The Bertz CT molecular complexity index is 1030. The average Bonchev–Trinajstić information content (AvgIpc) is 2.95. The maximum Gasteiger partial charge on any atom is 0.262 e. The van der Waals surface area contributed by atoms with Crippen LogP contribution >= 0.6 is 0 Å². The predicted octanol–water partition coefficient (Wildman–Crippen LogP) is 4.76. The van der Waals surface area contributed by atoms with E-state index in [4.69, 9.17) is 0 Å². The second-order valence-corrected chi connectivity index (χ2v) is 7.88. The number of amides is 1. The molecule has 0 aliphatic carbocycles. The zero-order valence-electron chi connectivity index (χ0n) is 17.1. The van der Waals surface area contributed by atoms with Crippen molar-refractivity contribution in [2.24, 2.45) is 0 Å². The number of benzene rings is 2. The zero-order chi connectivity index (χ0) is 19.8. The SMILES string of the molecule is Cc1ccc(Cn2nc(C)c(C(=O)N3CCCc4cc(C)ccc43)c2C)cc1. The Hall–Kier alpha value is -2.88. The highest BCUT2D eigenvalue weighted by Crippen LogP contribution is 2.30. The fourth-order valence-corrected chi connectivity index (χ4v) is 4.10. The number of hydrogen-bond acceptors (Lipinski definition) is 2. The normalized spacial score (nSPS) is 13.5. The quantitative estimate of drug-likeness (QED) is 0.664. The van der Waals surface area contributed by atoms with Crippen LogP contribution in [-0.4, -0.2) is 22.2 Å². The van der Waals surface area contributed by atoms with Gasteiger partial charge in [0.1, 0.15) is 0 Å². The van der Waals surface area contributed by atoms with E-state index >= 15 is 0 Å². The average molecular weight is 374 g/mol. The minimum Gasteiger partial charge on any atom is -0.308 e. The predicted molar refractivity (Wildman–Crippen MR) is 113 cm³/mol. The number of carbonyl (C=O) groups excluding carboxylic acids is 1. The molecule has 0 saturated heterocycles. The standard InChI is InChI=1S/C24H27N3O/c1-16-7-10-20(11-8-16)15-27-19(4)23(18(3)25-27)24(28)26-13-5-6-21-14-17(2)9-12-22(21)26/h7-12,14H,5-6,13,15H2,1-4H3. The molecule has 4 nitrogen and oxygen atoms in total. The lowest BCUT2D eigenvalue weighted by atomic mass is 9.98. The van der Waals surface area contributed by atoms with E-state index in [1.807, 2.05) is 23.4 Å². The van der Waals surface area contributed by atoms with E-state index in [1.165, 1.54) is 22.3 Å². The Balaban J connectivity index is 1.66. The van der Waals surface area contributed by atoms with Crippen LogP contribution in [0, 0.1) is 27.7 Å². The van der Waals surface area contributed by atoms with Gasteiger partial charge in [0.25, 0.3) is 5.91 Å². The molecule has 2 heterocycles. The summed E-state index contributed by atoms with van der Waals surface area (Å²) in [5.74, 6) is 0.0648. The third-order valence-corrected chi connectivity index (χ3v) is 5.65. The molecule has 0 saturated carbocycles. The number of aromatic nitrogens is 2. The second-order valence-electron chi connectivity index (χ2n) is 7.88. The maximum atomic E-state index is 13.5. The van der Waals surface area contributed by atoms with Gasteiger partial charge in [-0.25, -0.2) is 0 Å². The van der Waals surface area contributed by atoms with Crippen LogP contribution in [0.15, 0.2) is 42.5 Å². The highest BCUT2D eigenvalue weighted by Gasteiger charge is 2.28. The van der Waals surface area contributed by atoms with Gasteiger partial charge < -0.3 is 4.90 Å². The summed E-state index contributed by atoms with van der Waals surface area (Å²) < 4.78 is 1.95. The van der Waals surface area contributed by atoms with Gasteiger partial charge in [0, 0.05) is 17.9 Å². The number of rotatable bonds is 3. The number of nitrogens with zero attached hydrogens (tertiary/aromatic N) is 3. The van der Waals surface area contributed by atoms with Crippen LogP contribution in [0.1, 0.15) is 50.4 Å². The zero-order valence-corrected chi connectivity index (χ0v) is 17.1. The Morgan fingerprint density at radius 1 is 1.00 bits per heavy atom. The third-order valence-electron chi connectivity index (χ3n) is 5.65. The van der Waals surface area contributed by atoms with Gasteiger partial charge in [-0.15, -0.1) is 0 Å². The van der Waals surface area contributed by atoms with Crippen molar-refractivity contribution in [3.8, 4) is 0 Å². The molecule has 2 aromatic carbocycles. The molecule has 4 rings (SSSR count). The fourth-order valence-electron chi connectivity index (χ4n) is 4.10. The molecular weight excluding hydrogens is 346 g/mol. The summed E-state index contributed by atoms with van der Waals surface area (Å²) in [6.45, 7) is 9.56. The molecule has 0 bridgehead atoms. The number of carbonyl (C=O) groups is 1. The lowest BCUT2D eigenvalue weighted by Crippen LogP contribution is -2.36. The monoisotopic (exact) mass is 373 g/mol. The fraction of sp³-hybridized carbons (Fsp3) is 0.333. The van der Waals surface area contributed by atoms with Crippen molar-refractivity contribution < 1.29 is 4.79 Å². The van der Waals surface area contributed by atoms with Crippen molar-refractivity contribution >= 4 is 11.6 Å². The van der Waals surface area contributed by atoms with E-state index in [0.29, 0.717) is 6.54 Å². The minimum atomic E-state index is 0.0648. The lowest BCUT2D eigenvalue weighted by molar-refractivity contribution is 0.0984. The van der Waals surface area contributed by atoms with Crippen LogP contribution in [0.4, 0.5) is 5.69 Å². The molecule has 0 spiro atoms. The van der Waals surface area contributed by atoms with Gasteiger partial charge in [-0.1, -0.05) is 47.5 Å². The van der Waals surface area contributed by atoms with E-state index in [-0.39, 0.29) is 5.91 Å². The van der Waals surface area contributed by atoms with E-state index in [0.717, 1.165) is 42.0 Å². The number of fused-ring (bicyclic) bond motifs is 1. The molecule has 0 radical (unpaired) electrons. The van der Waals surface area contributed by atoms with Crippen molar-refractivity contribution in [1.29, 1.82) is 0 Å². The van der Waals surface area contributed by atoms with Crippen molar-refractivity contribution in [3.63, 3.8) is 0 Å². The Labute approximate surface area is 166 Å². The molecule has 144 valence electrons. The van der Waals surface area contributed by atoms with Gasteiger partial charge in [-0.2, -0.15) is 5.10 Å². The molecule has 0 N–H and O–H groups in total. The summed E-state index contributed by atoms with van der Waals surface area (Å²) in [4.78, 5) is 15.4. The first-order chi connectivity index (χ1) is 13.4. The first kappa shape index (κ1) is 18.5. The first-order valence-corrected chi connectivity index (χ1v) is 9.95. The Morgan fingerprint density at radius 2 is 1.71 bits per heavy atom. The first-order valence-electron chi connectivity index (χ1n) is 9.95. The van der Waals surface area contributed by atoms with Crippen LogP contribution in [0.3, 0.4) is 0 Å². The number of anilines is 1. The van der Waals surface area contributed by atoms with Gasteiger partial charge in [0.15, 0.2) is 0 Å². The van der Waals surface area contributed by atoms with Crippen LogP contribution in [0.2, 0.25) is 0 Å². The second kappa shape index (κ2) is 7.27. The molecule has 0 fully saturated rings. The Morgan fingerprint density at radius 3 is 2.46 bits per heavy atom. The van der Waals surface area contributed by atoms with Crippen LogP contribution in [0.5, 0.6) is 0 Å². The van der Waals surface area contributed by atoms with Gasteiger partial charge in [0.2, 0.25) is 0 Å². The molecule has 1 amide bonds. The molecule has 4 heteroatoms. The van der Waals surface area contributed by atoms with Crippen LogP contribution < -0.4 is 4.90 Å². The van der Waals surface area contributed by atoms with E-state index in [1.54, 1.807) is 0 Å². The summed E-state index contributed by atoms with van der Waals surface area (Å²) in [6, 6.07) is 14.8. The molecule has 1 aliphatic rings. The highest BCUT2D eigenvalue weighted by molar-refractivity contribution is 6.08. The van der Waals surface area contributed by atoms with Gasteiger partial charge in [-0.3, -0.25) is 9.48 Å². The molecule has 1 aliphatic heterocycles. The molecule has 1 aromatic heterocycles. The molecule has 28 heavy (non-hydrogen) atoms. The highest BCUT2D eigenvalue weighted by atomic mass is 16.2. The minimum absolute atomic E-state index is 0.0648. The molecule has 0 atom stereocenters. The van der Waals surface area contributed by atoms with E-state index < -0.39 is 0 Å². The van der Waals surface area contributed by atoms with E-state index in [2.05, 4.69) is 61.4 Å². The summed E-state index contributed by atoms with van der Waals surface area (Å²) in [7, 11) is 0. The summed E-state index contributed by atoms with van der Waals surface area (Å²) in [5.41, 5.74) is 8.46. The van der Waals surface area contributed by atoms with Gasteiger partial charge in [-0.05, 0) is 57.7 Å². The van der Waals surface area contributed by atoms with Crippen molar-refractivity contribution in [2.45, 2.75) is 47.1 Å². The van der Waals surface area contributed by atoms with Crippen molar-refractivity contribution in [2.75, 3.05) is 11.4 Å². The number of aryl methyl sites for hydroxylation is 4. The summed E-state index contributed by atoms with van der Waals surface area (Å²) in [5, 5.41) is 4.68. The largest absolute Gasteiger partial charge is 0.308 e. The Kier molecular flexibility index (Phi) is 4.80. The lowest BCUT2D eigenvalue weighted by Gasteiger charge is -2.30. The maximum absolute atomic E-state index is 13.5. The van der Waals surface area contributed by atoms with Gasteiger partial charge >= 0.3 is 0 Å². The summed E-state index contributed by atoms with van der Waals surface area (Å²) in [6.07, 6.45) is 2.03. The van der Waals surface area contributed by atoms with Crippen molar-refractivity contribution in [1.82, 2.24) is 9.78 Å². The smallest absolute Gasteiger partial charge is 0.262 e. The van der Waals surface area contributed by atoms with Crippen LogP contribution in [0.25, 0.3) is 0 Å². The summed E-state index contributed by atoms with van der Waals surface area (Å²) >= 11 is 0. The molecular formula is C24H27N3O. The number of hydrogen-bond donors (Lipinski definition) is 0. The van der Waals surface area contributed by atoms with Crippen LogP contribution in [-0.2, 0) is 13.0 Å². The van der Waals surface area contributed by atoms with E-state index in [9.17, 15) is 4.79 Å². The topological polar surface area (TPSA) is 38.1 Å². The molecule has 3 aromatic rings.